The molecule has 0 amide bonds. The molecule has 1 aromatic carbocycles. The van der Waals surface area contributed by atoms with Crippen LogP contribution in [0.5, 0.6) is 5.88 Å². The molecule has 0 saturated carbocycles. The molecule has 8 heteroatoms. The van der Waals surface area contributed by atoms with Gasteiger partial charge in [-0.15, -0.1) is 0 Å². The molecule has 0 atom stereocenters. The number of nitrogens with one attached hydrogen (secondary N) is 1. The highest BCUT2D eigenvalue weighted by molar-refractivity contribution is 5.45. The van der Waals surface area contributed by atoms with Crippen LogP contribution in [-0.4, -0.2) is 31.2 Å². The van der Waals surface area contributed by atoms with E-state index in [0.29, 0.717) is 30.0 Å². The Morgan fingerprint density at radius 3 is 2.65 bits per heavy atom. The van der Waals surface area contributed by atoms with Crippen LogP contribution in [0.4, 0.5) is 19.0 Å². The van der Waals surface area contributed by atoms with Crippen LogP contribution < -0.4 is 15.0 Å². The Balaban J connectivity index is 1.85. The highest BCUT2D eigenvalue weighted by atomic mass is 19.4. The van der Waals surface area contributed by atoms with E-state index in [1.807, 2.05) is 11.0 Å². The first kappa shape index (κ1) is 18.0. The topological polar surface area (TPSA) is 61.2 Å². The Bertz CT molecular complexity index is 811. The number of halogens is 3. The second-order valence-electron chi connectivity index (χ2n) is 5.86. The molecule has 0 aliphatic carbocycles. The highest BCUT2D eigenvalue weighted by Crippen LogP contribution is 2.36. The van der Waals surface area contributed by atoms with Gasteiger partial charge in [0.25, 0.3) is 0 Å². The summed E-state index contributed by atoms with van der Waals surface area (Å²) in [7, 11) is 0. The summed E-state index contributed by atoms with van der Waals surface area (Å²) in [5.74, 6) is 0.0103. The van der Waals surface area contributed by atoms with Crippen LogP contribution >= 0.6 is 0 Å². The van der Waals surface area contributed by atoms with Crippen LogP contribution in [0.3, 0.4) is 0 Å². The van der Waals surface area contributed by atoms with Crippen LogP contribution in [0, 0.1) is 11.3 Å². The third-order valence-corrected chi connectivity index (χ3v) is 4.02. The van der Waals surface area contributed by atoms with Crippen molar-refractivity contribution in [2.24, 2.45) is 0 Å². The van der Waals surface area contributed by atoms with Gasteiger partial charge in [-0.05, 0) is 29.8 Å². The van der Waals surface area contributed by atoms with Crippen LogP contribution in [0.25, 0.3) is 0 Å². The van der Waals surface area contributed by atoms with Crippen LogP contribution in [0.15, 0.2) is 36.4 Å². The van der Waals surface area contributed by atoms with Crippen molar-refractivity contribution < 1.29 is 17.9 Å². The predicted octanol–water partition coefficient (Wildman–Crippen LogP) is 2.96. The highest BCUT2D eigenvalue weighted by Gasteiger charge is 2.36. The molecule has 1 aromatic heterocycles. The summed E-state index contributed by atoms with van der Waals surface area (Å²) in [6.07, 6.45) is -4.56. The van der Waals surface area contributed by atoms with E-state index in [-0.39, 0.29) is 6.61 Å². The van der Waals surface area contributed by atoms with Crippen molar-refractivity contribution >= 4 is 5.82 Å². The number of nitrogens with zero attached hydrogens (tertiary/aromatic N) is 3. The number of pyridine rings is 1. The van der Waals surface area contributed by atoms with Crippen molar-refractivity contribution in [3.63, 3.8) is 0 Å². The Morgan fingerprint density at radius 1 is 1.19 bits per heavy atom. The Morgan fingerprint density at radius 2 is 1.96 bits per heavy atom. The van der Waals surface area contributed by atoms with Gasteiger partial charge in [0.2, 0.25) is 5.88 Å². The zero-order valence-electron chi connectivity index (χ0n) is 13.9. The Kier molecular flexibility index (Phi) is 5.28. The second-order valence-corrected chi connectivity index (χ2v) is 5.86. The van der Waals surface area contributed by atoms with Crippen molar-refractivity contribution in [2.45, 2.75) is 12.8 Å². The van der Waals surface area contributed by atoms with E-state index in [4.69, 9.17) is 10.00 Å². The van der Waals surface area contributed by atoms with Gasteiger partial charge in [-0.25, -0.2) is 0 Å². The molecule has 1 saturated heterocycles. The standard InChI is InChI=1S/C18H17F3N4O/c19-18(20,21)15-4-5-16(25-8-6-23-7-9-25)24-17(15)26-12-14-3-1-2-13(10-14)11-22/h1-5,10,23H,6-9,12H2. The third-order valence-electron chi connectivity index (χ3n) is 4.02. The summed E-state index contributed by atoms with van der Waals surface area (Å²) in [6, 6.07) is 10.9. The maximum Gasteiger partial charge on any atom is 0.421 e. The number of hydrogen-bond acceptors (Lipinski definition) is 5. The Labute approximate surface area is 149 Å². The fourth-order valence-electron chi connectivity index (χ4n) is 2.71. The summed E-state index contributed by atoms with van der Waals surface area (Å²) in [5, 5.41) is 12.1. The maximum atomic E-state index is 13.3. The van der Waals surface area contributed by atoms with Crippen molar-refractivity contribution in [1.82, 2.24) is 10.3 Å². The van der Waals surface area contributed by atoms with Crippen molar-refractivity contribution in [1.29, 1.82) is 5.26 Å². The predicted molar refractivity (Wildman–Crippen MR) is 89.8 cm³/mol. The van der Waals surface area contributed by atoms with Gasteiger partial charge >= 0.3 is 6.18 Å². The smallest absolute Gasteiger partial charge is 0.421 e. The second kappa shape index (κ2) is 7.62. The van der Waals surface area contributed by atoms with Crippen LogP contribution in [0.2, 0.25) is 0 Å². The quantitative estimate of drug-likeness (QED) is 0.906. The summed E-state index contributed by atoms with van der Waals surface area (Å²) in [4.78, 5) is 6.03. The summed E-state index contributed by atoms with van der Waals surface area (Å²) >= 11 is 0. The number of aromatic nitrogens is 1. The van der Waals surface area contributed by atoms with Crippen LogP contribution in [0.1, 0.15) is 16.7 Å². The molecule has 136 valence electrons. The minimum atomic E-state index is -4.56. The van der Waals surface area contributed by atoms with Gasteiger partial charge in [0.15, 0.2) is 0 Å². The monoisotopic (exact) mass is 362 g/mol. The molecule has 0 radical (unpaired) electrons. The van der Waals surface area contributed by atoms with Gasteiger partial charge < -0.3 is 15.0 Å². The van der Waals surface area contributed by atoms with E-state index in [0.717, 1.165) is 19.2 Å². The molecule has 5 nitrogen and oxygen atoms in total. The lowest BCUT2D eigenvalue weighted by molar-refractivity contribution is -0.139. The van der Waals surface area contributed by atoms with Gasteiger partial charge in [0.1, 0.15) is 18.0 Å². The molecular weight excluding hydrogens is 345 g/mol. The molecule has 26 heavy (non-hydrogen) atoms. The molecule has 1 aliphatic heterocycles. The van der Waals surface area contributed by atoms with Crippen LogP contribution in [-0.2, 0) is 12.8 Å². The largest absolute Gasteiger partial charge is 0.472 e. The van der Waals surface area contributed by atoms with Gasteiger partial charge in [0.05, 0.1) is 11.6 Å². The number of alkyl halides is 3. The van der Waals surface area contributed by atoms with Crippen molar-refractivity contribution in [3.8, 4) is 11.9 Å². The normalized spacial score (nSPS) is 14.8. The number of piperazine rings is 1. The maximum absolute atomic E-state index is 13.3. The minimum Gasteiger partial charge on any atom is -0.472 e. The first-order valence-electron chi connectivity index (χ1n) is 8.13. The number of nitriles is 1. The van der Waals surface area contributed by atoms with E-state index in [1.165, 1.54) is 6.07 Å². The number of anilines is 1. The van der Waals surface area contributed by atoms with E-state index >= 15 is 0 Å². The van der Waals surface area contributed by atoms with Crippen molar-refractivity contribution in [3.05, 3.63) is 53.1 Å². The first-order chi connectivity index (χ1) is 12.5. The average Bonchev–Trinajstić information content (AvgIpc) is 2.66. The zero-order valence-corrected chi connectivity index (χ0v) is 13.9. The molecule has 0 spiro atoms. The van der Waals surface area contributed by atoms with E-state index < -0.39 is 17.6 Å². The first-order valence-corrected chi connectivity index (χ1v) is 8.13. The number of benzene rings is 1. The molecule has 3 rings (SSSR count). The minimum absolute atomic E-state index is 0.101. The Hall–Kier alpha value is -2.79. The SMILES string of the molecule is N#Cc1cccc(COc2nc(N3CCNCC3)ccc2C(F)(F)F)c1. The molecule has 1 N–H and O–H groups in total. The van der Waals surface area contributed by atoms with Gasteiger partial charge in [-0.3, -0.25) is 0 Å². The molecule has 2 heterocycles. The lowest BCUT2D eigenvalue weighted by Gasteiger charge is -2.29. The fourth-order valence-corrected chi connectivity index (χ4v) is 2.71. The molecule has 0 unspecified atom stereocenters. The van der Waals surface area contributed by atoms with E-state index in [2.05, 4.69) is 10.3 Å². The number of rotatable bonds is 4. The average molecular weight is 362 g/mol. The van der Waals surface area contributed by atoms with Gasteiger partial charge in [-0.2, -0.15) is 23.4 Å². The molecule has 1 aliphatic rings. The van der Waals surface area contributed by atoms with E-state index in [1.54, 1.807) is 24.3 Å². The zero-order chi connectivity index (χ0) is 18.6. The lowest BCUT2D eigenvalue weighted by atomic mass is 10.1. The number of hydrogen-bond donors (Lipinski definition) is 1. The molecular formula is C18H17F3N4O. The third kappa shape index (κ3) is 4.24. The lowest BCUT2D eigenvalue weighted by Crippen LogP contribution is -2.43. The van der Waals surface area contributed by atoms with Gasteiger partial charge in [0, 0.05) is 26.2 Å². The summed E-state index contributed by atoms with van der Waals surface area (Å²) in [5.41, 5.74) is 0.115. The van der Waals surface area contributed by atoms with Gasteiger partial charge in [-0.1, -0.05) is 12.1 Å². The molecule has 0 bridgehead atoms. The molecule has 2 aromatic rings. The summed E-state index contributed by atoms with van der Waals surface area (Å²) in [6.45, 7) is 2.74. The number of ether oxygens (including phenoxy) is 1. The fraction of sp³-hybridized carbons (Fsp3) is 0.333. The van der Waals surface area contributed by atoms with E-state index in [9.17, 15) is 13.2 Å². The van der Waals surface area contributed by atoms with Crippen molar-refractivity contribution in [2.75, 3.05) is 31.1 Å². The summed E-state index contributed by atoms with van der Waals surface area (Å²) < 4.78 is 45.2. The molecule has 1 fully saturated rings.